The molecule has 0 heterocycles. The second kappa shape index (κ2) is 7.16. The van der Waals surface area contributed by atoms with Gasteiger partial charge in [0.05, 0.1) is 11.0 Å². The summed E-state index contributed by atoms with van der Waals surface area (Å²) in [6.45, 7) is -0.00708. The molecule has 0 radical (unpaired) electrons. The van der Waals surface area contributed by atoms with Crippen LogP contribution in [0.3, 0.4) is 0 Å². The third kappa shape index (κ3) is 4.27. The van der Waals surface area contributed by atoms with E-state index in [1.54, 1.807) is 0 Å². The number of carbonyl (C=O) groups is 1. The third-order valence-electron chi connectivity index (χ3n) is 2.88. The number of carbonyl (C=O) groups excluding carboxylic acids is 1. The zero-order chi connectivity index (χ0) is 15.9. The first-order valence-corrected chi connectivity index (χ1v) is 6.43. The molecule has 1 N–H and O–H groups in total. The molecule has 2 aromatic rings. The van der Waals surface area contributed by atoms with Crippen LogP contribution in [0.4, 0.5) is 14.9 Å². The number of alkyl carbamates (subject to hydrolysis) is 1. The highest BCUT2D eigenvalue weighted by molar-refractivity contribution is 5.67. The third-order valence-corrected chi connectivity index (χ3v) is 2.88. The molecule has 6 nitrogen and oxygen atoms in total. The van der Waals surface area contributed by atoms with Crippen molar-refractivity contribution in [2.24, 2.45) is 0 Å². The Hall–Kier alpha value is -2.96. The molecule has 22 heavy (non-hydrogen) atoms. The number of ether oxygens (including phenoxy) is 1. The van der Waals surface area contributed by atoms with Crippen molar-refractivity contribution in [3.8, 4) is 0 Å². The Morgan fingerprint density at radius 1 is 1.23 bits per heavy atom. The van der Waals surface area contributed by atoms with Gasteiger partial charge in [-0.15, -0.1) is 0 Å². The first-order valence-electron chi connectivity index (χ1n) is 6.43. The number of halogens is 1. The van der Waals surface area contributed by atoms with Gasteiger partial charge in [0.25, 0.3) is 5.69 Å². The van der Waals surface area contributed by atoms with Crippen LogP contribution in [-0.2, 0) is 17.9 Å². The molecular formula is C15H13FN2O4. The standard InChI is InChI=1S/C15H13FN2O4/c16-14-8-13(18(20)21)7-6-12(14)9-17-15(19)22-10-11-4-2-1-3-5-11/h1-8H,9-10H2,(H,17,19). The van der Waals surface area contributed by atoms with Gasteiger partial charge in [0.15, 0.2) is 0 Å². The van der Waals surface area contributed by atoms with E-state index in [0.29, 0.717) is 0 Å². The Kier molecular flexibility index (Phi) is 5.02. The van der Waals surface area contributed by atoms with Crippen molar-refractivity contribution >= 4 is 11.8 Å². The van der Waals surface area contributed by atoms with Crippen LogP contribution in [0, 0.1) is 15.9 Å². The molecule has 114 valence electrons. The Morgan fingerprint density at radius 3 is 2.59 bits per heavy atom. The number of nitrogens with one attached hydrogen (secondary N) is 1. The van der Waals surface area contributed by atoms with Gasteiger partial charge < -0.3 is 10.1 Å². The molecule has 1 amide bonds. The summed E-state index contributed by atoms with van der Waals surface area (Å²) in [6.07, 6.45) is -0.693. The summed E-state index contributed by atoms with van der Waals surface area (Å²) in [4.78, 5) is 21.3. The topological polar surface area (TPSA) is 81.5 Å². The normalized spacial score (nSPS) is 10.0. The zero-order valence-corrected chi connectivity index (χ0v) is 11.5. The van der Waals surface area contributed by atoms with Gasteiger partial charge in [-0.3, -0.25) is 10.1 Å². The van der Waals surface area contributed by atoms with E-state index in [0.717, 1.165) is 11.6 Å². The minimum atomic E-state index is -0.752. The van der Waals surface area contributed by atoms with Crippen molar-refractivity contribution in [1.82, 2.24) is 5.32 Å². The monoisotopic (exact) mass is 304 g/mol. The Labute approximate surface area is 125 Å². The molecule has 0 aliphatic rings. The fourth-order valence-corrected chi connectivity index (χ4v) is 1.73. The Morgan fingerprint density at radius 2 is 1.95 bits per heavy atom. The van der Waals surface area contributed by atoms with E-state index in [1.165, 1.54) is 12.1 Å². The Bertz CT molecular complexity index is 676. The molecular weight excluding hydrogens is 291 g/mol. The molecule has 0 aromatic heterocycles. The van der Waals surface area contributed by atoms with E-state index in [2.05, 4.69) is 5.32 Å². The van der Waals surface area contributed by atoms with Crippen LogP contribution in [0.1, 0.15) is 11.1 Å². The van der Waals surface area contributed by atoms with Crippen LogP contribution in [0.25, 0.3) is 0 Å². The largest absolute Gasteiger partial charge is 0.445 e. The number of benzene rings is 2. The predicted molar refractivity (Wildman–Crippen MR) is 76.5 cm³/mol. The van der Waals surface area contributed by atoms with Gasteiger partial charge in [0.2, 0.25) is 0 Å². The number of amides is 1. The maximum atomic E-state index is 13.6. The highest BCUT2D eigenvalue weighted by atomic mass is 19.1. The van der Waals surface area contributed by atoms with Gasteiger partial charge in [0.1, 0.15) is 12.4 Å². The molecule has 2 rings (SSSR count). The SMILES string of the molecule is O=C(NCc1ccc([N+](=O)[O-])cc1F)OCc1ccccc1. The van der Waals surface area contributed by atoms with E-state index in [1.807, 2.05) is 30.3 Å². The second-order valence-electron chi connectivity index (χ2n) is 4.45. The van der Waals surface area contributed by atoms with Gasteiger partial charge in [-0.1, -0.05) is 30.3 Å². The fraction of sp³-hybridized carbons (Fsp3) is 0.133. The first-order chi connectivity index (χ1) is 10.6. The molecule has 7 heteroatoms. The summed E-state index contributed by atoms with van der Waals surface area (Å²) in [5.41, 5.74) is 0.634. The lowest BCUT2D eigenvalue weighted by atomic mass is 10.2. The van der Waals surface area contributed by atoms with Crippen molar-refractivity contribution < 1.29 is 18.8 Å². The van der Waals surface area contributed by atoms with Crippen molar-refractivity contribution in [2.45, 2.75) is 13.2 Å². The molecule has 0 saturated heterocycles. The molecule has 0 atom stereocenters. The van der Waals surface area contributed by atoms with E-state index < -0.39 is 16.8 Å². The Balaban J connectivity index is 1.85. The average Bonchev–Trinajstić information content (AvgIpc) is 2.52. The lowest BCUT2D eigenvalue weighted by Crippen LogP contribution is -2.24. The quantitative estimate of drug-likeness (QED) is 0.679. The van der Waals surface area contributed by atoms with Crippen molar-refractivity contribution in [2.75, 3.05) is 0 Å². The van der Waals surface area contributed by atoms with Gasteiger partial charge in [-0.2, -0.15) is 0 Å². The van der Waals surface area contributed by atoms with Crippen LogP contribution < -0.4 is 5.32 Å². The molecule has 0 unspecified atom stereocenters. The molecule has 0 fully saturated rings. The number of hydrogen-bond acceptors (Lipinski definition) is 4. The van der Waals surface area contributed by atoms with Crippen LogP contribution in [-0.4, -0.2) is 11.0 Å². The van der Waals surface area contributed by atoms with Crippen molar-refractivity contribution in [3.05, 3.63) is 75.6 Å². The molecule has 0 saturated carbocycles. The summed E-state index contributed by atoms with van der Waals surface area (Å²) < 4.78 is 18.6. The number of hydrogen-bond donors (Lipinski definition) is 1. The lowest BCUT2D eigenvalue weighted by molar-refractivity contribution is -0.385. The van der Waals surface area contributed by atoms with Gasteiger partial charge >= 0.3 is 6.09 Å². The number of non-ortho nitro benzene ring substituents is 1. The zero-order valence-electron chi connectivity index (χ0n) is 11.5. The van der Waals surface area contributed by atoms with Crippen molar-refractivity contribution in [1.29, 1.82) is 0 Å². The summed E-state index contributed by atoms with van der Waals surface area (Å²) in [5, 5.41) is 12.9. The van der Waals surface area contributed by atoms with Gasteiger partial charge in [-0.05, 0) is 11.6 Å². The minimum absolute atomic E-state index is 0.107. The highest BCUT2D eigenvalue weighted by Gasteiger charge is 2.11. The lowest BCUT2D eigenvalue weighted by Gasteiger charge is -2.07. The number of nitro benzene ring substituents is 1. The van der Waals surface area contributed by atoms with Crippen LogP contribution in [0.2, 0.25) is 0 Å². The van der Waals surface area contributed by atoms with Crippen LogP contribution >= 0.6 is 0 Å². The number of nitro groups is 1. The summed E-state index contributed by atoms with van der Waals surface area (Å²) in [6, 6.07) is 12.4. The number of nitrogens with zero attached hydrogens (tertiary/aromatic N) is 1. The molecule has 0 aliphatic carbocycles. The summed E-state index contributed by atoms with van der Waals surface area (Å²) in [5.74, 6) is -0.752. The summed E-state index contributed by atoms with van der Waals surface area (Å²) >= 11 is 0. The molecule has 0 spiro atoms. The summed E-state index contributed by atoms with van der Waals surface area (Å²) in [7, 11) is 0. The van der Waals surface area contributed by atoms with E-state index in [4.69, 9.17) is 4.74 Å². The second-order valence-corrected chi connectivity index (χ2v) is 4.45. The predicted octanol–water partition coefficient (Wildman–Crippen LogP) is 3.16. The van der Waals surface area contributed by atoms with E-state index in [9.17, 15) is 19.3 Å². The smallest absolute Gasteiger partial charge is 0.407 e. The molecule has 0 aliphatic heterocycles. The fourth-order valence-electron chi connectivity index (χ4n) is 1.73. The van der Waals surface area contributed by atoms with Crippen LogP contribution in [0.5, 0.6) is 0 Å². The maximum Gasteiger partial charge on any atom is 0.407 e. The van der Waals surface area contributed by atoms with Crippen LogP contribution in [0.15, 0.2) is 48.5 Å². The van der Waals surface area contributed by atoms with E-state index in [-0.39, 0.29) is 24.4 Å². The molecule has 0 bridgehead atoms. The molecule has 2 aromatic carbocycles. The maximum absolute atomic E-state index is 13.6. The highest BCUT2D eigenvalue weighted by Crippen LogP contribution is 2.16. The number of rotatable bonds is 5. The van der Waals surface area contributed by atoms with E-state index >= 15 is 0 Å². The first kappa shape index (κ1) is 15.4. The minimum Gasteiger partial charge on any atom is -0.445 e. The van der Waals surface area contributed by atoms with Gasteiger partial charge in [0, 0.05) is 18.2 Å². The van der Waals surface area contributed by atoms with Gasteiger partial charge in [-0.25, -0.2) is 9.18 Å². The average molecular weight is 304 g/mol. The van der Waals surface area contributed by atoms with Crippen molar-refractivity contribution in [3.63, 3.8) is 0 Å².